The lowest BCUT2D eigenvalue weighted by atomic mass is 10.1. The molecule has 0 radical (unpaired) electrons. The maximum Gasteiger partial charge on any atom is 0.251 e. The molecule has 2 rings (SSSR count). The molecule has 68 valence electrons. The summed E-state index contributed by atoms with van der Waals surface area (Å²) in [6.07, 6.45) is 2.20. The van der Waals surface area contributed by atoms with Gasteiger partial charge in [0.1, 0.15) is 5.82 Å². The molecule has 4 nitrogen and oxygen atoms in total. The third-order valence-electron chi connectivity index (χ3n) is 2.04. The average molecular weight is 198 g/mol. The van der Waals surface area contributed by atoms with Gasteiger partial charge in [0.15, 0.2) is 0 Å². The first-order valence-electron chi connectivity index (χ1n) is 3.91. The largest absolute Gasteiger partial charge is 0.369 e. The Balaban J connectivity index is 2.59. The van der Waals surface area contributed by atoms with Crippen LogP contribution in [0.1, 0.15) is 15.9 Å². The molecule has 0 aliphatic carbocycles. The van der Waals surface area contributed by atoms with Crippen LogP contribution in [0, 0.1) is 0 Å². The number of primary amides is 1. The number of rotatable bonds is 1. The molecule has 1 amide bonds. The van der Waals surface area contributed by atoms with E-state index in [1.807, 2.05) is 0 Å². The number of nitrogens with two attached hydrogens (primary N) is 1. The highest BCUT2D eigenvalue weighted by atomic mass is 35.5. The van der Waals surface area contributed by atoms with E-state index < -0.39 is 5.91 Å². The van der Waals surface area contributed by atoms with Gasteiger partial charge in [0.05, 0.1) is 10.6 Å². The van der Waals surface area contributed by atoms with E-state index in [0.29, 0.717) is 10.6 Å². The predicted octanol–water partition coefficient (Wildman–Crippen LogP) is 0.802. The minimum Gasteiger partial charge on any atom is -0.369 e. The van der Waals surface area contributed by atoms with Gasteiger partial charge in [-0.25, -0.2) is 4.98 Å². The van der Waals surface area contributed by atoms with E-state index in [-0.39, 0.29) is 0 Å². The van der Waals surface area contributed by atoms with Crippen LogP contribution in [-0.2, 0) is 6.42 Å². The van der Waals surface area contributed by atoms with Gasteiger partial charge >= 0.3 is 0 Å². The molecule has 1 aliphatic heterocycles. The normalized spacial score (nSPS) is 13.6. The first-order valence-corrected chi connectivity index (χ1v) is 4.29. The fourth-order valence-electron chi connectivity index (χ4n) is 1.39. The van der Waals surface area contributed by atoms with E-state index in [0.717, 1.165) is 24.3 Å². The van der Waals surface area contributed by atoms with Gasteiger partial charge in [0.25, 0.3) is 5.91 Å². The molecule has 1 aromatic heterocycles. The zero-order valence-corrected chi connectivity index (χ0v) is 7.56. The third-order valence-corrected chi connectivity index (χ3v) is 2.47. The van der Waals surface area contributed by atoms with E-state index in [1.165, 1.54) is 6.20 Å². The lowest BCUT2D eigenvalue weighted by molar-refractivity contribution is 0.1000. The number of nitrogens with zero attached hydrogens (tertiary/aromatic N) is 1. The summed E-state index contributed by atoms with van der Waals surface area (Å²) in [6.45, 7) is 0.810. The molecule has 13 heavy (non-hydrogen) atoms. The highest BCUT2D eigenvalue weighted by Gasteiger charge is 2.19. The molecule has 5 heteroatoms. The number of carbonyl (C=O) groups excluding carboxylic acids is 1. The van der Waals surface area contributed by atoms with Gasteiger partial charge in [-0.1, -0.05) is 11.6 Å². The second-order valence-electron chi connectivity index (χ2n) is 2.85. The van der Waals surface area contributed by atoms with Crippen LogP contribution >= 0.6 is 11.6 Å². The lowest BCUT2D eigenvalue weighted by Crippen LogP contribution is -2.12. The van der Waals surface area contributed by atoms with Gasteiger partial charge in [-0.2, -0.15) is 0 Å². The quantitative estimate of drug-likeness (QED) is 0.700. The number of pyridine rings is 1. The topological polar surface area (TPSA) is 68.0 Å². The Morgan fingerprint density at radius 1 is 1.69 bits per heavy atom. The summed E-state index contributed by atoms with van der Waals surface area (Å²) >= 11 is 5.97. The Labute approximate surface area is 80.1 Å². The molecule has 0 spiro atoms. The van der Waals surface area contributed by atoms with Gasteiger partial charge in [0, 0.05) is 18.3 Å². The number of fused-ring (bicyclic) bond motifs is 1. The summed E-state index contributed by atoms with van der Waals surface area (Å²) in [5, 5.41) is 3.49. The van der Waals surface area contributed by atoms with Crippen molar-refractivity contribution in [2.45, 2.75) is 6.42 Å². The number of hydrogen-bond donors (Lipinski definition) is 2. The van der Waals surface area contributed by atoms with E-state index in [4.69, 9.17) is 17.3 Å². The standard InChI is InChI=1S/C8H8ClN3O/c9-6-4-1-2-11-8(4)12-3-5(6)7(10)13/h3H,1-2H2,(H2,10,13)(H,11,12). The summed E-state index contributed by atoms with van der Waals surface area (Å²) in [7, 11) is 0. The molecular formula is C8H8ClN3O. The monoisotopic (exact) mass is 197 g/mol. The Morgan fingerprint density at radius 2 is 2.46 bits per heavy atom. The van der Waals surface area contributed by atoms with Crippen molar-refractivity contribution in [1.82, 2.24) is 4.98 Å². The highest BCUT2D eigenvalue weighted by Crippen LogP contribution is 2.29. The summed E-state index contributed by atoms with van der Waals surface area (Å²) in [5.74, 6) is 0.224. The Morgan fingerprint density at radius 3 is 3.15 bits per heavy atom. The minimum absolute atomic E-state index is 0.295. The van der Waals surface area contributed by atoms with Crippen molar-refractivity contribution in [2.24, 2.45) is 5.73 Å². The Bertz CT molecular complexity index is 378. The Hall–Kier alpha value is -1.29. The number of carbonyl (C=O) groups is 1. The molecule has 0 bridgehead atoms. The van der Waals surface area contributed by atoms with Crippen LogP contribution in [0.5, 0.6) is 0 Å². The first-order chi connectivity index (χ1) is 6.20. The smallest absolute Gasteiger partial charge is 0.251 e. The summed E-state index contributed by atoms with van der Waals surface area (Å²) in [4.78, 5) is 14.9. The fourth-order valence-corrected chi connectivity index (χ4v) is 1.71. The van der Waals surface area contributed by atoms with Crippen molar-refractivity contribution < 1.29 is 4.79 Å². The maximum absolute atomic E-state index is 10.9. The SMILES string of the molecule is NC(=O)c1cnc2c(c1Cl)CCN2. The zero-order chi connectivity index (χ0) is 9.42. The number of hydrogen-bond acceptors (Lipinski definition) is 3. The van der Waals surface area contributed by atoms with Gasteiger partial charge in [-0.3, -0.25) is 4.79 Å². The van der Waals surface area contributed by atoms with Gasteiger partial charge < -0.3 is 11.1 Å². The van der Waals surface area contributed by atoms with Crippen LogP contribution in [0.4, 0.5) is 5.82 Å². The Kier molecular flexibility index (Phi) is 1.84. The lowest BCUT2D eigenvalue weighted by Gasteiger charge is -2.03. The fraction of sp³-hybridized carbons (Fsp3) is 0.250. The van der Waals surface area contributed by atoms with Gasteiger partial charge in [0.2, 0.25) is 0 Å². The van der Waals surface area contributed by atoms with Crippen LogP contribution in [0.3, 0.4) is 0 Å². The number of amides is 1. The van der Waals surface area contributed by atoms with Crippen LogP contribution in [0.15, 0.2) is 6.20 Å². The second kappa shape index (κ2) is 2.88. The molecule has 3 N–H and O–H groups in total. The molecular weight excluding hydrogens is 190 g/mol. The van der Waals surface area contributed by atoms with Crippen molar-refractivity contribution in [2.75, 3.05) is 11.9 Å². The zero-order valence-electron chi connectivity index (χ0n) is 6.80. The molecule has 1 aliphatic rings. The van der Waals surface area contributed by atoms with Crippen molar-refractivity contribution in [3.05, 3.63) is 22.3 Å². The van der Waals surface area contributed by atoms with Crippen LogP contribution in [0.25, 0.3) is 0 Å². The average Bonchev–Trinajstić information content (AvgIpc) is 2.52. The molecule has 0 saturated heterocycles. The van der Waals surface area contributed by atoms with Crippen molar-refractivity contribution in [3.8, 4) is 0 Å². The van der Waals surface area contributed by atoms with Crippen LogP contribution in [-0.4, -0.2) is 17.4 Å². The van der Waals surface area contributed by atoms with Gasteiger partial charge in [-0.05, 0) is 6.42 Å². The van der Waals surface area contributed by atoms with Crippen molar-refractivity contribution in [3.63, 3.8) is 0 Å². The minimum atomic E-state index is -0.535. The number of nitrogens with one attached hydrogen (secondary N) is 1. The van der Waals surface area contributed by atoms with Crippen molar-refractivity contribution in [1.29, 1.82) is 0 Å². The van der Waals surface area contributed by atoms with E-state index in [9.17, 15) is 4.79 Å². The predicted molar refractivity (Wildman–Crippen MR) is 50.0 cm³/mol. The van der Waals surface area contributed by atoms with E-state index in [2.05, 4.69) is 10.3 Å². The molecule has 2 heterocycles. The molecule has 1 aromatic rings. The number of anilines is 1. The van der Waals surface area contributed by atoms with Gasteiger partial charge in [-0.15, -0.1) is 0 Å². The van der Waals surface area contributed by atoms with Crippen LogP contribution in [0.2, 0.25) is 5.02 Å². The second-order valence-corrected chi connectivity index (χ2v) is 3.23. The highest BCUT2D eigenvalue weighted by molar-refractivity contribution is 6.34. The first kappa shape index (κ1) is 8.31. The molecule has 0 atom stereocenters. The molecule has 0 aromatic carbocycles. The molecule has 0 unspecified atom stereocenters. The number of aromatic nitrogens is 1. The summed E-state index contributed by atoms with van der Waals surface area (Å²) in [6, 6.07) is 0. The van der Waals surface area contributed by atoms with E-state index in [1.54, 1.807) is 0 Å². The van der Waals surface area contributed by atoms with Crippen molar-refractivity contribution >= 4 is 23.3 Å². The van der Waals surface area contributed by atoms with E-state index >= 15 is 0 Å². The molecule has 0 fully saturated rings. The number of halogens is 1. The summed E-state index contributed by atoms with van der Waals surface area (Å²) < 4.78 is 0. The summed E-state index contributed by atoms with van der Waals surface area (Å²) in [5.41, 5.74) is 6.31. The molecule has 0 saturated carbocycles. The third kappa shape index (κ3) is 1.23. The maximum atomic E-state index is 10.9. The van der Waals surface area contributed by atoms with Crippen LogP contribution < -0.4 is 11.1 Å².